The van der Waals surface area contributed by atoms with E-state index in [1.54, 1.807) is 23.1 Å². The maximum absolute atomic E-state index is 12.9. The minimum Gasteiger partial charge on any atom is -0.352 e. The summed E-state index contributed by atoms with van der Waals surface area (Å²) in [5.74, 6) is 0.618. The first-order valence-electron chi connectivity index (χ1n) is 9.93. The predicted octanol–water partition coefficient (Wildman–Crippen LogP) is 6.05. The number of thiophene rings is 1. The molecule has 0 saturated heterocycles. The molecule has 2 N–H and O–H groups in total. The highest BCUT2D eigenvalue weighted by Crippen LogP contribution is 2.30. The highest BCUT2D eigenvalue weighted by molar-refractivity contribution is 7.98. The standard InChI is InChI=1S/C24H21N3O2S3/c1-16(28)25-13-17-8-10-18(11-9-17)21-15-32-24(26-21)27-23(29)20-6-2-3-7-22(20)31-14-19-5-4-12-30-19/h2-12,15H,13-14H2,1H3,(H,25,28)(H,26,27,29). The molecular weight excluding hydrogens is 458 g/mol. The molecular formula is C24H21N3O2S3. The Labute approximate surface area is 198 Å². The van der Waals surface area contributed by atoms with Gasteiger partial charge in [0, 0.05) is 39.9 Å². The van der Waals surface area contributed by atoms with Crippen molar-refractivity contribution in [2.24, 2.45) is 0 Å². The molecule has 2 heterocycles. The normalized spacial score (nSPS) is 10.7. The summed E-state index contributed by atoms with van der Waals surface area (Å²) in [6.07, 6.45) is 0. The van der Waals surface area contributed by atoms with Crippen LogP contribution in [0.15, 0.2) is 76.3 Å². The number of hydrogen-bond acceptors (Lipinski definition) is 6. The van der Waals surface area contributed by atoms with Gasteiger partial charge in [0.2, 0.25) is 5.91 Å². The van der Waals surface area contributed by atoms with Crippen LogP contribution in [0, 0.1) is 0 Å². The van der Waals surface area contributed by atoms with E-state index in [1.165, 1.54) is 23.1 Å². The largest absolute Gasteiger partial charge is 0.352 e. The first-order valence-corrected chi connectivity index (χ1v) is 12.7. The fourth-order valence-corrected chi connectivity index (χ4v) is 5.51. The van der Waals surface area contributed by atoms with E-state index in [4.69, 9.17) is 0 Å². The van der Waals surface area contributed by atoms with Gasteiger partial charge in [0.1, 0.15) is 0 Å². The van der Waals surface area contributed by atoms with Gasteiger partial charge in [-0.25, -0.2) is 4.98 Å². The number of hydrogen-bond donors (Lipinski definition) is 2. The van der Waals surface area contributed by atoms with Crippen LogP contribution in [0.5, 0.6) is 0 Å². The van der Waals surface area contributed by atoms with E-state index in [1.807, 2.05) is 60.0 Å². The first-order chi connectivity index (χ1) is 15.6. The van der Waals surface area contributed by atoms with Gasteiger partial charge in [-0.15, -0.1) is 34.4 Å². The molecule has 0 radical (unpaired) electrons. The number of thioether (sulfide) groups is 1. The van der Waals surface area contributed by atoms with Crippen LogP contribution in [0.1, 0.15) is 27.7 Å². The van der Waals surface area contributed by atoms with Crippen LogP contribution >= 0.6 is 34.4 Å². The lowest BCUT2D eigenvalue weighted by atomic mass is 10.1. The number of nitrogens with zero attached hydrogens (tertiary/aromatic N) is 1. The highest BCUT2D eigenvalue weighted by Gasteiger charge is 2.14. The number of amides is 2. The van der Waals surface area contributed by atoms with Crippen molar-refractivity contribution in [1.82, 2.24) is 10.3 Å². The van der Waals surface area contributed by atoms with E-state index >= 15 is 0 Å². The number of nitrogens with one attached hydrogen (secondary N) is 2. The summed E-state index contributed by atoms with van der Waals surface area (Å²) >= 11 is 4.77. The fourth-order valence-electron chi connectivity index (χ4n) is 2.97. The molecule has 2 aromatic heterocycles. The third-order valence-electron chi connectivity index (χ3n) is 4.60. The molecule has 0 aliphatic heterocycles. The first kappa shape index (κ1) is 22.3. The van der Waals surface area contributed by atoms with Crippen LogP contribution in [-0.2, 0) is 17.1 Å². The number of thiazole rings is 1. The van der Waals surface area contributed by atoms with Crippen molar-refractivity contribution in [3.8, 4) is 11.3 Å². The zero-order valence-electron chi connectivity index (χ0n) is 17.3. The lowest BCUT2D eigenvalue weighted by Crippen LogP contribution is -2.18. The summed E-state index contributed by atoms with van der Waals surface area (Å²) in [6.45, 7) is 2.00. The van der Waals surface area contributed by atoms with Gasteiger partial charge in [0.25, 0.3) is 5.91 Å². The van der Waals surface area contributed by atoms with Crippen LogP contribution in [0.3, 0.4) is 0 Å². The molecule has 0 bridgehead atoms. The minimum atomic E-state index is -0.161. The topological polar surface area (TPSA) is 71.1 Å². The maximum Gasteiger partial charge on any atom is 0.258 e. The van der Waals surface area contributed by atoms with Crippen molar-refractivity contribution in [3.05, 3.63) is 87.4 Å². The fraction of sp³-hybridized carbons (Fsp3) is 0.125. The molecule has 32 heavy (non-hydrogen) atoms. The Morgan fingerprint density at radius 3 is 2.56 bits per heavy atom. The van der Waals surface area contributed by atoms with Crippen LogP contribution in [0.4, 0.5) is 5.13 Å². The molecule has 4 aromatic rings. The summed E-state index contributed by atoms with van der Waals surface area (Å²) in [4.78, 5) is 30.8. The molecule has 0 unspecified atom stereocenters. The molecule has 0 fully saturated rings. The number of carbonyl (C=O) groups excluding carboxylic acids is 2. The van der Waals surface area contributed by atoms with Crippen LogP contribution < -0.4 is 10.6 Å². The second-order valence-corrected chi connectivity index (χ2v) is 9.87. The third-order valence-corrected chi connectivity index (χ3v) is 7.54. The second kappa shape index (κ2) is 10.6. The number of rotatable bonds is 8. The number of anilines is 1. The summed E-state index contributed by atoms with van der Waals surface area (Å²) in [7, 11) is 0. The Hall–Kier alpha value is -2.94. The van der Waals surface area contributed by atoms with E-state index in [0.717, 1.165) is 27.5 Å². The lowest BCUT2D eigenvalue weighted by molar-refractivity contribution is -0.119. The molecule has 0 saturated carbocycles. The van der Waals surface area contributed by atoms with Gasteiger partial charge in [-0.1, -0.05) is 42.5 Å². The van der Waals surface area contributed by atoms with E-state index in [-0.39, 0.29) is 11.8 Å². The van der Waals surface area contributed by atoms with Gasteiger partial charge in [-0.3, -0.25) is 14.9 Å². The number of benzene rings is 2. The van der Waals surface area contributed by atoms with Gasteiger partial charge in [-0.05, 0) is 29.1 Å². The van der Waals surface area contributed by atoms with Gasteiger partial charge in [-0.2, -0.15) is 0 Å². The smallest absolute Gasteiger partial charge is 0.258 e. The molecule has 4 rings (SSSR count). The maximum atomic E-state index is 12.9. The molecule has 0 aliphatic carbocycles. The van der Waals surface area contributed by atoms with E-state index < -0.39 is 0 Å². The van der Waals surface area contributed by atoms with Crippen molar-refractivity contribution in [1.29, 1.82) is 0 Å². The summed E-state index contributed by atoms with van der Waals surface area (Å²) in [6, 6.07) is 19.6. The van der Waals surface area contributed by atoms with Crippen molar-refractivity contribution >= 4 is 51.4 Å². The second-order valence-electron chi connectivity index (χ2n) is 6.96. The Balaban J connectivity index is 1.41. The molecule has 0 aliphatic rings. The summed E-state index contributed by atoms with van der Waals surface area (Å²) < 4.78 is 0. The average Bonchev–Trinajstić information content (AvgIpc) is 3.49. The third kappa shape index (κ3) is 5.85. The highest BCUT2D eigenvalue weighted by atomic mass is 32.2. The van der Waals surface area contributed by atoms with E-state index in [2.05, 4.69) is 27.1 Å². The van der Waals surface area contributed by atoms with Gasteiger partial charge in [0.05, 0.1) is 11.3 Å². The van der Waals surface area contributed by atoms with Gasteiger partial charge < -0.3 is 5.32 Å². The molecule has 162 valence electrons. The Kier molecular flexibility index (Phi) is 7.36. The average molecular weight is 480 g/mol. The van der Waals surface area contributed by atoms with Crippen molar-refractivity contribution in [2.45, 2.75) is 24.1 Å². The Morgan fingerprint density at radius 1 is 1.00 bits per heavy atom. The molecule has 2 amide bonds. The molecule has 2 aromatic carbocycles. The zero-order chi connectivity index (χ0) is 22.3. The minimum absolute atomic E-state index is 0.0551. The van der Waals surface area contributed by atoms with Crippen LogP contribution in [0.25, 0.3) is 11.3 Å². The van der Waals surface area contributed by atoms with Crippen molar-refractivity contribution in [3.63, 3.8) is 0 Å². The quantitative estimate of drug-likeness (QED) is 0.302. The monoisotopic (exact) mass is 479 g/mol. The lowest BCUT2D eigenvalue weighted by Gasteiger charge is -2.08. The van der Waals surface area contributed by atoms with Gasteiger partial charge >= 0.3 is 0 Å². The van der Waals surface area contributed by atoms with E-state index in [9.17, 15) is 9.59 Å². The number of carbonyl (C=O) groups is 2. The Bertz CT molecular complexity index is 1200. The molecule has 5 nitrogen and oxygen atoms in total. The molecule has 8 heteroatoms. The Morgan fingerprint density at radius 2 is 1.81 bits per heavy atom. The zero-order valence-corrected chi connectivity index (χ0v) is 19.8. The van der Waals surface area contributed by atoms with Crippen LogP contribution in [-0.4, -0.2) is 16.8 Å². The van der Waals surface area contributed by atoms with Crippen molar-refractivity contribution < 1.29 is 9.59 Å². The summed E-state index contributed by atoms with van der Waals surface area (Å²) in [5, 5.41) is 10.3. The molecule has 0 atom stereocenters. The number of aromatic nitrogens is 1. The van der Waals surface area contributed by atoms with Crippen molar-refractivity contribution in [2.75, 3.05) is 5.32 Å². The van der Waals surface area contributed by atoms with Gasteiger partial charge in [0.15, 0.2) is 5.13 Å². The predicted molar refractivity (Wildman–Crippen MR) is 133 cm³/mol. The van der Waals surface area contributed by atoms with Crippen LogP contribution in [0.2, 0.25) is 0 Å². The SMILES string of the molecule is CC(=O)NCc1ccc(-c2csc(NC(=O)c3ccccc3SCc3cccs3)n2)cc1. The summed E-state index contributed by atoms with van der Waals surface area (Å²) in [5.41, 5.74) is 3.43. The van der Waals surface area contributed by atoms with E-state index in [0.29, 0.717) is 17.2 Å². The molecule has 0 spiro atoms.